The number of benzene rings is 2. The van der Waals surface area contributed by atoms with Crippen LogP contribution in [0.15, 0.2) is 53.4 Å². The van der Waals surface area contributed by atoms with Gasteiger partial charge in [0.1, 0.15) is 18.2 Å². The SMILES string of the molecule is O=C1OCCC(S(=O)(=O)c2ccc(OCc3ccc(F)cc3)cc2)C1C(=O)N(O)O. The van der Waals surface area contributed by atoms with Crippen molar-refractivity contribution in [1.82, 2.24) is 5.23 Å². The molecule has 0 aromatic heterocycles. The van der Waals surface area contributed by atoms with Gasteiger partial charge in [0, 0.05) is 6.42 Å². The minimum absolute atomic E-state index is 0.139. The van der Waals surface area contributed by atoms with Crippen LogP contribution in [0.1, 0.15) is 12.0 Å². The first-order valence-corrected chi connectivity index (χ1v) is 10.3. The zero-order valence-corrected chi connectivity index (χ0v) is 16.3. The lowest BCUT2D eigenvalue weighted by Crippen LogP contribution is -2.49. The van der Waals surface area contributed by atoms with Crippen LogP contribution in [-0.4, -0.2) is 47.8 Å². The van der Waals surface area contributed by atoms with Gasteiger partial charge in [-0.1, -0.05) is 17.4 Å². The number of hydrogen-bond donors (Lipinski definition) is 2. The molecule has 1 heterocycles. The van der Waals surface area contributed by atoms with Gasteiger partial charge in [0.2, 0.25) is 0 Å². The van der Waals surface area contributed by atoms with Crippen molar-refractivity contribution in [2.45, 2.75) is 23.2 Å². The van der Waals surface area contributed by atoms with Crippen LogP contribution in [0.5, 0.6) is 5.75 Å². The summed E-state index contributed by atoms with van der Waals surface area (Å²) in [4.78, 5) is 23.7. The smallest absolute Gasteiger partial charge is 0.320 e. The molecule has 2 N–H and O–H groups in total. The Hall–Kier alpha value is -3.02. The lowest BCUT2D eigenvalue weighted by molar-refractivity contribution is -0.288. The quantitative estimate of drug-likeness (QED) is 0.301. The monoisotopic (exact) mass is 439 g/mol. The van der Waals surface area contributed by atoms with Crippen molar-refractivity contribution in [3.63, 3.8) is 0 Å². The molecule has 160 valence electrons. The number of hydrogen-bond acceptors (Lipinski definition) is 8. The second-order valence-electron chi connectivity index (χ2n) is 6.53. The van der Waals surface area contributed by atoms with E-state index in [0.29, 0.717) is 11.3 Å². The Morgan fingerprint density at radius 1 is 1.13 bits per heavy atom. The predicted octanol–water partition coefficient (Wildman–Crippen LogP) is 1.72. The number of rotatable bonds is 6. The molecule has 0 saturated carbocycles. The molecule has 1 aliphatic rings. The number of halogens is 1. The van der Waals surface area contributed by atoms with E-state index in [9.17, 15) is 22.4 Å². The van der Waals surface area contributed by atoms with Crippen LogP contribution >= 0.6 is 0 Å². The third kappa shape index (κ3) is 4.58. The number of carbonyl (C=O) groups is 2. The Morgan fingerprint density at radius 3 is 2.37 bits per heavy atom. The summed E-state index contributed by atoms with van der Waals surface area (Å²) in [6.07, 6.45) is -0.179. The Balaban J connectivity index is 1.77. The molecular weight excluding hydrogens is 421 g/mol. The topological polar surface area (TPSA) is 130 Å². The minimum atomic E-state index is -4.18. The van der Waals surface area contributed by atoms with Crippen LogP contribution in [0, 0.1) is 11.7 Å². The summed E-state index contributed by atoms with van der Waals surface area (Å²) in [5, 5.41) is 15.6. The van der Waals surface area contributed by atoms with Crippen molar-refractivity contribution >= 4 is 21.7 Å². The molecule has 1 fully saturated rings. The normalized spacial score (nSPS) is 19.1. The first-order chi connectivity index (χ1) is 14.2. The van der Waals surface area contributed by atoms with Gasteiger partial charge in [-0.3, -0.25) is 20.0 Å². The first-order valence-electron chi connectivity index (χ1n) is 8.79. The molecule has 9 nitrogen and oxygen atoms in total. The van der Waals surface area contributed by atoms with E-state index in [1.54, 1.807) is 12.1 Å². The minimum Gasteiger partial charge on any atom is -0.489 e. The summed E-state index contributed by atoms with van der Waals surface area (Å²) in [6.45, 7) is -0.0809. The molecule has 2 aromatic carbocycles. The maximum Gasteiger partial charge on any atom is 0.320 e. The number of cyclic esters (lactones) is 1. The highest BCUT2D eigenvalue weighted by Crippen LogP contribution is 2.30. The van der Waals surface area contributed by atoms with E-state index in [4.69, 9.17) is 19.9 Å². The standard InChI is InChI=1S/C19H18FNO8S/c20-13-3-1-12(2-4-13)11-29-14-5-7-15(8-6-14)30(26,27)16-9-10-28-19(23)17(16)18(22)21(24)25/h1-8,16-17,24-25H,9-11H2. The van der Waals surface area contributed by atoms with Gasteiger partial charge >= 0.3 is 5.97 Å². The van der Waals surface area contributed by atoms with Crippen molar-refractivity contribution in [2.24, 2.45) is 5.92 Å². The zero-order valence-electron chi connectivity index (χ0n) is 15.5. The molecule has 2 unspecified atom stereocenters. The lowest BCUT2D eigenvalue weighted by atomic mass is 10.00. The van der Waals surface area contributed by atoms with E-state index in [0.717, 1.165) is 0 Å². The number of sulfone groups is 1. The van der Waals surface area contributed by atoms with Crippen LogP contribution in [0.25, 0.3) is 0 Å². The van der Waals surface area contributed by atoms with E-state index >= 15 is 0 Å². The van der Waals surface area contributed by atoms with Crippen LogP contribution in [0.3, 0.4) is 0 Å². The Kier molecular flexibility index (Phi) is 6.34. The molecule has 0 bridgehead atoms. The van der Waals surface area contributed by atoms with Crippen molar-refractivity contribution in [2.75, 3.05) is 6.61 Å². The molecule has 11 heteroatoms. The fraction of sp³-hybridized carbons (Fsp3) is 0.263. The van der Waals surface area contributed by atoms with Gasteiger partial charge < -0.3 is 9.47 Å². The largest absolute Gasteiger partial charge is 0.489 e. The number of amides is 1. The molecule has 3 rings (SSSR count). The van der Waals surface area contributed by atoms with Gasteiger partial charge in [-0.25, -0.2) is 12.8 Å². The number of ether oxygens (including phenoxy) is 2. The summed E-state index contributed by atoms with van der Waals surface area (Å²) >= 11 is 0. The number of esters is 1. The average Bonchev–Trinajstić information content (AvgIpc) is 2.73. The molecule has 0 radical (unpaired) electrons. The zero-order chi connectivity index (χ0) is 21.9. The van der Waals surface area contributed by atoms with Crippen molar-refractivity contribution in [3.05, 3.63) is 59.9 Å². The number of hydroxylamine groups is 2. The van der Waals surface area contributed by atoms with Crippen LogP contribution < -0.4 is 4.74 Å². The van der Waals surface area contributed by atoms with Crippen molar-refractivity contribution in [3.8, 4) is 5.75 Å². The molecule has 0 aliphatic carbocycles. The maximum absolute atomic E-state index is 13.0. The van der Waals surface area contributed by atoms with Gasteiger partial charge in [0.25, 0.3) is 5.91 Å². The third-order valence-electron chi connectivity index (χ3n) is 4.61. The lowest BCUT2D eigenvalue weighted by Gasteiger charge is -2.29. The fourth-order valence-corrected chi connectivity index (χ4v) is 4.91. The van der Waals surface area contributed by atoms with E-state index < -0.39 is 38.1 Å². The predicted molar refractivity (Wildman–Crippen MR) is 97.6 cm³/mol. The molecule has 1 aliphatic heterocycles. The van der Waals surface area contributed by atoms with E-state index in [1.165, 1.54) is 36.4 Å². The molecule has 1 amide bonds. The highest BCUT2D eigenvalue weighted by molar-refractivity contribution is 7.92. The highest BCUT2D eigenvalue weighted by atomic mass is 32.2. The van der Waals surface area contributed by atoms with Crippen molar-refractivity contribution in [1.29, 1.82) is 0 Å². The molecule has 1 saturated heterocycles. The summed E-state index contributed by atoms with van der Waals surface area (Å²) in [7, 11) is -4.18. The van der Waals surface area contributed by atoms with E-state index in [2.05, 4.69) is 0 Å². The summed E-state index contributed by atoms with van der Waals surface area (Å²) < 4.78 is 49.1. The molecule has 2 aromatic rings. The average molecular weight is 439 g/mol. The van der Waals surface area contributed by atoms with Gasteiger partial charge in [-0.15, -0.1) is 0 Å². The fourth-order valence-electron chi connectivity index (χ4n) is 3.05. The highest BCUT2D eigenvalue weighted by Gasteiger charge is 2.48. The summed E-state index contributed by atoms with van der Waals surface area (Å²) in [6, 6.07) is 11.0. The molecule has 30 heavy (non-hydrogen) atoms. The van der Waals surface area contributed by atoms with E-state index in [-0.39, 0.29) is 30.3 Å². The van der Waals surface area contributed by atoms with E-state index in [1.807, 2.05) is 0 Å². The van der Waals surface area contributed by atoms with Crippen LogP contribution in [0.2, 0.25) is 0 Å². The number of carbonyl (C=O) groups excluding carboxylic acids is 2. The molecule has 0 spiro atoms. The second kappa shape index (κ2) is 8.78. The van der Waals surface area contributed by atoms with Gasteiger partial charge in [-0.2, -0.15) is 0 Å². The summed E-state index contributed by atoms with van der Waals surface area (Å²) in [5.41, 5.74) is 0.715. The Labute approximate surface area is 171 Å². The first kappa shape index (κ1) is 21.7. The van der Waals surface area contributed by atoms with Gasteiger partial charge in [-0.05, 0) is 42.0 Å². The van der Waals surface area contributed by atoms with Gasteiger partial charge in [0.05, 0.1) is 16.8 Å². The third-order valence-corrected chi connectivity index (χ3v) is 6.84. The van der Waals surface area contributed by atoms with Crippen molar-refractivity contribution < 1.29 is 42.3 Å². The Morgan fingerprint density at radius 2 is 1.77 bits per heavy atom. The second-order valence-corrected chi connectivity index (χ2v) is 8.70. The van der Waals surface area contributed by atoms with Crippen LogP contribution in [-0.2, 0) is 30.8 Å². The van der Waals surface area contributed by atoms with Crippen LogP contribution in [0.4, 0.5) is 4.39 Å². The molecular formula is C19H18FNO8S. The maximum atomic E-state index is 13.0. The summed E-state index contributed by atoms with van der Waals surface area (Å²) in [5.74, 6) is -4.55. The molecule has 2 atom stereocenters. The Bertz CT molecular complexity index is 1020. The van der Waals surface area contributed by atoms with Gasteiger partial charge in [0.15, 0.2) is 15.8 Å². The number of nitrogens with zero attached hydrogens (tertiary/aromatic N) is 1.